The first kappa shape index (κ1) is 9.66. The molecular weight excluding hydrogens is 241 g/mol. The normalized spacial score (nSPS) is 12.6. The molecule has 2 aromatic rings. The van der Waals surface area contributed by atoms with Gasteiger partial charge in [0.1, 0.15) is 5.01 Å². The fraction of sp³-hybridized carbons (Fsp3) is 0.400. The Bertz CT molecular complexity index is 461. The van der Waals surface area contributed by atoms with Crippen molar-refractivity contribution in [1.29, 1.82) is 0 Å². The van der Waals surface area contributed by atoms with E-state index in [1.54, 1.807) is 0 Å². The van der Waals surface area contributed by atoms with Gasteiger partial charge in [-0.05, 0) is 0 Å². The zero-order chi connectivity index (χ0) is 10.3. The lowest BCUT2D eigenvalue weighted by Crippen LogP contribution is -2.11. The molecule has 0 aliphatic heterocycles. The van der Waals surface area contributed by atoms with Gasteiger partial charge in [0.15, 0.2) is 0 Å². The topological polar surface area (TPSA) is 43.1 Å². The number of hydrogen-bond acceptors (Lipinski definition) is 4. The first-order valence-electron chi connectivity index (χ1n) is 3.36. The summed E-state index contributed by atoms with van der Waals surface area (Å²) < 4.78 is 37.5. The van der Waals surface area contributed by atoms with Crippen LogP contribution in [0.5, 0.6) is 0 Å². The van der Waals surface area contributed by atoms with Gasteiger partial charge in [0, 0.05) is 0 Å². The molecule has 9 heteroatoms. The summed E-state index contributed by atoms with van der Waals surface area (Å²) in [5, 5.41) is 10.3. The summed E-state index contributed by atoms with van der Waals surface area (Å²) in [5.74, 6) is -1.06. The second kappa shape index (κ2) is 3.06. The van der Waals surface area contributed by atoms with Gasteiger partial charge < -0.3 is 0 Å². The highest BCUT2D eigenvalue weighted by Crippen LogP contribution is 2.29. The summed E-state index contributed by atoms with van der Waals surface area (Å²) >= 11 is 6.41. The van der Waals surface area contributed by atoms with E-state index in [2.05, 4.69) is 15.3 Å². The molecule has 0 fully saturated rings. The van der Waals surface area contributed by atoms with Crippen LogP contribution in [0.25, 0.3) is 4.96 Å². The van der Waals surface area contributed by atoms with E-state index in [1.807, 2.05) is 0 Å². The molecule has 0 aliphatic rings. The summed E-state index contributed by atoms with van der Waals surface area (Å²) in [6.45, 7) is 0. The van der Waals surface area contributed by atoms with Gasteiger partial charge in [0.2, 0.25) is 4.96 Å². The Morgan fingerprint density at radius 3 is 2.64 bits per heavy atom. The molecule has 0 saturated carbocycles. The van der Waals surface area contributed by atoms with E-state index in [0.29, 0.717) is 9.52 Å². The van der Waals surface area contributed by atoms with Crippen LogP contribution in [0.2, 0.25) is 0 Å². The Hall–Kier alpha value is -0.890. The SMILES string of the molecule is FC(F)(F)c1nnc2sc(CCl)nn12. The minimum Gasteiger partial charge on any atom is -0.178 e. The number of nitrogens with zero attached hydrogens (tertiary/aromatic N) is 4. The van der Waals surface area contributed by atoms with E-state index in [-0.39, 0.29) is 10.8 Å². The smallest absolute Gasteiger partial charge is 0.178 e. The third-order valence-electron chi connectivity index (χ3n) is 1.40. The Morgan fingerprint density at radius 2 is 2.07 bits per heavy atom. The molecule has 2 rings (SSSR count). The minimum atomic E-state index is -4.54. The molecule has 0 aliphatic carbocycles. The van der Waals surface area contributed by atoms with Gasteiger partial charge in [-0.15, -0.1) is 21.8 Å². The fourth-order valence-corrected chi connectivity index (χ4v) is 1.79. The highest BCUT2D eigenvalue weighted by Gasteiger charge is 2.38. The Morgan fingerprint density at radius 1 is 1.36 bits per heavy atom. The maximum atomic E-state index is 12.3. The van der Waals surface area contributed by atoms with Crippen LogP contribution in [0.4, 0.5) is 13.2 Å². The lowest BCUT2D eigenvalue weighted by molar-refractivity contribution is -0.146. The highest BCUT2D eigenvalue weighted by atomic mass is 35.5. The van der Waals surface area contributed by atoms with E-state index in [1.165, 1.54) is 0 Å². The van der Waals surface area contributed by atoms with E-state index < -0.39 is 12.0 Å². The fourth-order valence-electron chi connectivity index (χ4n) is 0.887. The molecule has 0 atom stereocenters. The van der Waals surface area contributed by atoms with Gasteiger partial charge in [0.05, 0.1) is 5.88 Å². The van der Waals surface area contributed by atoms with Crippen LogP contribution in [-0.4, -0.2) is 19.8 Å². The molecule has 0 N–H and O–H groups in total. The number of aromatic nitrogens is 4. The summed E-state index contributed by atoms with van der Waals surface area (Å²) in [6.07, 6.45) is -4.54. The Balaban J connectivity index is 2.61. The molecule has 4 nitrogen and oxygen atoms in total. The number of fused-ring (bicyclic) bond motifs is 1. The highest BCUT2D eigenvalue weighted by molar-refractivity contribution is 7.16. The quantitative estimate of drug-likeness (QED) is 0.718. The third kappa shape index (κ3) is 1.44. The van der Waals surface area contributed by atoms with Crippen molar-refractivity contribution in [3.05, 3.63) is 10.8 Å². The zero-order valence-electron chi connectivity index (χ0n) is 6.42. The molecule has 0 unspecified atom stereocenters. The van der Waals surface area contributed by atoms with Gasteiger partial charge in [-0.1, -0.05) is 11.3 Å². The molecule has 0 radical (unpaired) electrons. The van der Waals surface area contributed by atoms with Crippen LogP contribution in [-0.2, 0) is 12.1 Å². The number of rotatable bonds is 1. The Kier molecular flexibility index (Phi) is 2.11. The van der Waals surface area contributed by atoms with E-state index in [0.717, 1.165) is 11.3 Å². The van der Waals surface area contributed by atoms with E-state index in [4.69, 9.17) is 11.6 Å². The van der Waals surface area contributed by atoms with Crippen molar-refractivity contribution in [3.63, 3.8) is 0 Å². The van der Waals surface area contributed by atoms with Crippen molar-refractivity contribution in [1.82, 2.24) is 19.8 Å². The average Bonchev–Trinajstić information content (AvgIpc) is 2.57. The molecule has 2 aromatic heterocycles. The van der Waals surface area contributed by atoms with Crippen molar-refractivity contribution in [3.8, 4) is 0 Å². The molecule has 0 saturated heterocycles. The molecule has 76 valence electrons. The van der Waals surface area contributed by atoms with Crippen LogP contribution in [0, 0.1) is 0 Å². The molecule has 0 bridgehead atoms. The molecular formula is C5H2ClF3N4S. The van der Waals surface area contributed by atoms with Crippen LogP contribution >= 0.6 is 22.9 Å². The molecule has 0 amide bonds. The number of halogens is 4. The largest absolute Gasteiger partial charge is 0.453 e. The van der Waals surface area contributed by atoms with E-state index >= 15 is 0 Å². The second-order valence-electron chi connectivity index (χ2n) is 2.35. The summed E-state index contributed by atoms with van der Waals surface area (Å²) in [6, 6.07) is 0. The second-order valence-corrected chi connectivity index (χ2v) is 3.65. The van der Waals surface area contributed by atoms with Gasteiger partial charge in [-0.3, -0.25) is 0 Å². The monoisotopic (exact) mass is 242 g/mol. The zero-order valence-corrected chi connectivity index (χ0v) is 7.99. The van der Waals surface area contributed by atoms with Crippen molar-refractivity contribution < 1.29 is 13.2 Å². The Labute approximate surface area is 84.3 Å². The predicted octanol–water partition coefficient (Wildman–Crippen LogP) is 1.94. The summed E-state index contributed by atoms with van der Waals surface area (Å²) in [4.78, 5) is 0.0907. The average molecular weight is 243 g/mol. The number of alkyl halides is 4. The number of hydrogen-bond donors (Lipinski definition) is 0. The molecule has 14 heavy (non-hydrogen) atoms. The minimum absolute atomic E-state index is 0.0608. The lowest BCUT2D eigenvalue weighted by atomic mass is 10.6. The maximum absolute atomic E-state index is 12.3. The molecule has 2 heterocycles. The summed E-state index contributed by atoms with van der Waals surface area (Å²) in [7, 11) is 0. The van der Waals surface area contributed by atoms with Crippen molar-refractivity contribution >= 4 is 27.9 Å². The van der Waals surface area contributed by atoms with Crippen LogP contribution in [0.1, 0.15) is 10.8 Å². The van der Waals surface area contributed by atoms with Crippen LogP contribution < -0.4 is 0 Å². The van der Waals surface area contributed by atoms with Gasteiger partial charge in [-0.25, -0.2) is 0 Å². The third-order valence-corrected chi connectivity index (χ3v) is 2.71. The first-order valence-corrected chi connectivity index (χ1v) is 4.72. The van der Waals surface area contributed by atoms with Crippen molar-refractivity contribution in [2.45, 2.75) is 12.1 Å². The van der Waals surface area contributed by atoms with Crippen LogP contribution in [0.3, 0.4) is 0 Å². The van der Waals surface area contributed by atoms with Crippen molar-refractivity contribution in [2.24, 2.45) is 0 Å². The van der Waals surface area contributed by atoms with Crippen LogP contribution in [0.15, 0.2) is 0 Å². The predicted molar refractivity (Wildman–Crippen MR) is 43.2 cm³/mol. The van der Waals surface area contributed by atoms with Gasteiger partial charge in [-0.2, -0.15) is 22.8 Å². The van der Waals surface area contributed by atoms with Crippen molar-refractivity contribution in [2.75, 3.05) is 0 Å². The van der Waals surface area contributed by atoms with Gasteiger partial charge >= 0.3 is 6.18 Å². The maximum Gasteiger partial charge on any atom is 0.453 e. The molecule has 0 spiro atoms. The lowest BCUT2D eigenvalue weighted by Gasteiger charge is -1.99. The van der Waals surface area contributed by atoms with E-state index in [9.17, 15) is 13.2 Å². The van der Waals surface area contributed by atoms with Gasteiger partial charge in [0.25, 0.3) is 5.82 Å². The molecule has 0 aromatic carbocycles. The standard InChI is InChI=1S/C5H2ClF3N4S/c6-1-2-12-13-3(5(7,8)9)10-11-4(13)14-2/h1H2. The summed E-state index contributed by atoms with van der Waals surface area (Å²) in [5.41, 5.74) is 0. The first-order chi connectivity index (χ1) is 6.52.